The Morgan fingerprint density at radius 1 is 1.48 bits per heavy atom. The Labute approximate surface area is 145 Å². The monoisotopic (exact) mass is 353 g/mol. The number of esters is 1. The lowest BCUT2D eigenvalue weighted by molar-refractivity contribution is -0.147. The summed E-state index contributed by atoms with van der Waals surface area (Å²) in [7, 11) is 1.37. The van der Waals surface area contributed by atoms with E-state index in [9.17, 15) is 9.90 Å². The van der Waals surface area contributed by atoms with E-state index in [0.717, 1.165) is 17.7 Å². The molecule has 1 heterocycles. The Balaban J connectivity index is 2.36. The largest absolute Gasteiger partial charge is 0.502 e. The third-order valence-corrected chi connectivity index (χ3v) is 4.81. The Kier molecular flexibility index (Phi) is 6.57. The summed E-state index contributed by atoms with van der Waals surface area (Å²) >= 11 is 7.67. The van der Waals surface area contributed by atoms with Crippen molar-refractivity contribution >= 4 is 29.3 Å². The predicted octanol–water partition coefficient (Wildman–Crippen LogP) is 3.95. The summed E-state index contributed by atoms with van der Waals surface area (Å²) in [6, 6.07) is 6.68. The summed E-state index contributed by atoms with van der Waals surface area (Å²) in [5.41, 5.74) is 1.45. The zero-order valence-electron chi connectivity index (χ0n) is 13.0. The van der Waals surface area contributed by atoms with E-state index < -0.39 is 6.04 Å². The van der Waals surface area contributed by atoms with Gasteiger partial charge in [-0.3, -0.25) is 4.90 Å². The van der Waals surface area contributed by atoms with Crippen molar-refractivity contribution in [2.75, 3.05) is 26.0 Å². The molecule has 1 aliphatic heterocycles. The van der Waals surface area contributed by atoms with Gasteiger partial charge in [0.25, 0.3) is 0 Å². The van der Waals surface area contributed by atoms with Gasteiger partial charge in [-0.05, 0) is 29.7 Å². The SMILES string of the molecule is C=C1/C=C(/O)SCCCN([C@H](C(=O)OC)c2ccccc2Cl)C1. The van der Waals surface area contributed by atoms with Crippen molar-refractivity contribution in [3.63, 3.8) is 0 Å². The first-order valence-corrected chi connectivity index (χ1v) is 8.67. The smallest absolute Gasteiger partial charge is 0.327 e. The van der Waals surface area contributed by atoms with E-state index in [1.807, 2.05) is 23.1 Å². The lowest BCUT2D eigenvalue weighted by Crippen LogP contribution is -2.37. The third-order valence-electron chi connectivity index (χ3n) is 3.56. The van der Waals surface area contributed by atoms with Crippen molar-refractivity contribution in [1.82, 2.24) is 4.90 Å². The molecule has 0 spiro atoms. The normalized spacial score (nSPS) is 20.6. The number of aliphatic hydroxyl groups is 1. The fourth-order valence-corrected chi connectivity index (χ4v) is 3.52. The first kappa shape index (κ1) is 17.9. The summed E-state index contributed by atoms with van der Waals surface area (Å²) in [5, 5.41) is 10.6. The number of halogens is 1. The van der Waals surface area contributed by atoms with Gasteiger partial charge >= 0.3 is 5.97 Å². The van der Waals surface area contributed by atoms with Crippen LogP contribution in [0.4, 0.5) is 0 Å². The van der Waals surface area contributed by atoms with E-state index in [1.165, 1.54) is 18.9 Å². The molecule has 0 aliphatic carbocycles. The lowest BCUT2D eigenvalue weighted by Gasteiger charge is -2.30. The molecule has 0 aromatic heterocycles. The Hall–Kier alpha value is -1.43. The fraction of sp³-hybridized carbons (Fsp3) is 0.353. The maximum Gasteiger partial charge on any atom is 0.327 e. The molecule has 0 fully saturated rings. The second kappa shape index (κ2) is 8.43. The first-order chi connectivity index (χ1) is 11.0. The molecule has 1 aliphatic rings. The van der Waals surface area contributed by atoms with Gasteiger partial charge in [0.2, 0.25) is 0 Å². The van der Waals surface area contributed by atoms with Gasteiger partial charge in [0.05, 0.1) is 7.11 Å². The van der Waals surface area contributed by atoms with Gasteiger partial charge in [0.1, 0.15) is 11.1 Å². The molecule has 4 nitrogen and oxygen atoms in total. The molecule has 0 amide bonds. The Morgan fingerprint density at radius 2 is 2.22 bits per heavy atom. The Bertz CT molecular complexity index is 618. The third kappa shape index (κ3) is 4.77. The van der Waals surface area contributed by atoms with Gasteiger partial charge in [-0.15, -0.1) is 0 Å². The van der Waals surface area contributed by atoms with Crippen molar-refractivity contribution in [2.24, 2.45) is 0 Å². The zero-order chi connectivity index (χ0) is 16.8. The molecule has 1 atom stereocenters. The van der Waals surface area contributed by atoms with E-state index >= 15 is 0 Å². The van der Waals surface area contributed by atoms with E-state index in [1.54, 1.807) is 12.1 Å². The molecule has 124 valence electrons. The molecule has 1 aromatic carbocycles. The molecule has 6 heteroatoms. The number of nitrogens with zero attached hydrogens (tertiary/aromatic N) is 1. The van der Waals surface area contributed by atoms with Crippen LogP contribution >= 0.6 is 23.4 Å². The van der Waals surface area contributed by atoms with Gasteiger partial charge in [0, 0.05) is 23.9 Å². The van der Waals surface area contributed by atoms with E-state index in [4.69, 9.17) is 16.3 Å². The molecule has 0 bridgehead atoms. The van der Waals surface area contributed by atoms with Crippen LogP contribution in [0.25, 0.3) is 0 Å². The highest BCUT2D eigenvalue weighted by molar-refractivity contribution is 8.02. The number of ether oxygens (including phenoxy) is 1. The van der Waals surface area contributed by atoms with Crippen LogP contribution in [0.1, 0.15) is 18.0 Å². The highest BCUT2D eigenvalue weighted by Gasteiger charge is 2.30. The van der Waals surface area contributed by atoms with E-state index in [0.29, 0.717) is 23.7 Å². The summed E-state index contributed by atoms with van der Waals surface area (Å²) in [4.78, 5) is 14.4. The van der Waals surface area contributed by atoms with Crippen LogP contribution in [0, 0.1) is 0 Å². The lowest BCUT2D eigenvalue weighted by atomic mass is 10.0. The van der Waals surface area contributed by atoms with Crippen molar-refractivity contribution in [2.45, 2.75) is 12.5 Å². The topological polar surface area (TPSA) is 49.8 Å². The van der Waals surface area contributed by atoms with Gasteiger partial charge in [0.15, 0.2) is 0 Å². The second-order valence-corrected chi connectivity index (χ2v) is 6.78. The molecular formula is C17H20ClNO3S. The Morgan fingerprint density at radius 3 is 2.91 bits per heavy atom. The number of methoxy groups -OCH3 is 1. The van der Waals surface area contributed by atoms with Gasteiger partial charge < -0.3 is 9.84 Å². The molecule has 0 saturated carbocycles. The minimum absolute atomic E-state index is 0.254. The standard InChI is InChI=1S/C17H20ClNO3S/c1-12-10-15(20)23-9-5-8-19(11-12)16(17(21)22-2)13-6-3-4-7-14(13)18/h3-4,6-7,10,16,20H,1,5,8-9,11H2,2H3/b15-10-/t16-/m0/s1. The maximum atomic E-state index is 12.4. The summed E-state index contributed by atoms with van der Waals surface area (Å²) in [5.74, 6) is 0.411. The van der Waals surface area contributed by atoms with Crippen molar-refractivity contribution in [1.29, 1.82) is 0 Å². The van der Waals surface area contributed by atoms with Crippen LogP contribution in [0.3, 0.4) is 0 Å². The first-order valence-electron chi connectivity index (χ1n) is 7.30. The highest BCUT2D eigenvalue weighted by atomic mass is 35.5. The van der Waals surface area contributed by atoms with Crippen molar-refractivity contribution in [3.05, 3.63) is 58.2 Å². The van der Waals surface area contributed by atoms with Crippen LogP contribution in [0.2, 0.25) is 5.02 Å². The predicted molar refractivity (Wildman–Crippen MR) is 94.7 cm³/mol. The quantitative estimate of drug-likeness (QED) is 0.834. The molecule has 0 saturated heterocycles. The summed E-state index contributed by atoms with van der Waals surface area (Å²) < 4.78 is 5.00. The number of rotatable bonds is 3. The number of hydrogen-bond acceptors (Lipinski definition) is 5. The number of hydrogen-bond donors (Lipinski definition) is 1. The zero-order valence-corrected chi connectivity index (χ0v) is 14.6. The van der Waals surface area contributed by atoms with Gasteiger partial charge in [-0.2, -0.15) is 0 Å². The number of benzene rings is 1. The molecule has 1 aromatic rings. The molecule has 2 rings (SSSR count). The number of carbonyl (C=O) groups excluding carboxylic acids is 1. The van der Waals surface area contributed by atoms with Crippen LogP contribution in [-0.4, -0.2) is 41.9 Å². The van der Waals surface area contributed by atoms with Crippen molar-refractivity contribution in [3.8, 4) is 0 Å². The van der Waals surface area contributed by atoms with E-state index in [-0.39, 0.29) is 11.1 Å². The maximum absolute atomic E-state index is 12.4. The number of carbonyl (C=O) groups is 1. The molecule has 0 radical (unpaired) electrons. The average Bonchev–Trinajstić information content (AvgIpc) is 2.59. The summed E-state index contributed by atoms with van der Waals surface area (Å²) in [6.07, 6.45) is 2.47. The minimum atomic E-state index is -0.593. The number of thioether (sulfide) groups is 1. The molecule has 0 unspecified atom stereocenters. The van der Waals surface area contributed by atoms with Gasteiger partial charge in [-0.25, -0.2) is 4.79 Å². The molecular weight excluding hydrogens is 334 g/mol. The number of aliphatic hydroxyl groups excluding tert-OH is 1. The second-order valence-electron chi connectivity index (χ2n) is 5.26. The van der Waals surface area contributed by atoms with Crippen LogP contribution in [-0.2, 0) is 9.53 Å². The fourth-order valence-electron chi connectivity index (χ4n) is 2.55. The highest BCUT2D eigenvalue weighted by Crippen LogP contribution is 2.30. The molecule has 23 heavy (non-hydrogen) atoms. The van der Waals surface area contributed by atoms with Crippen molar-refractivity contribution < 1.29 is 14.6 Å². The van der Waals surface area contributed by atoms with Crippen LogP contribution < -0.4 is 0 Å². The average molecular weight is 354 g/mol. The van der Waals surface area contributed by atoms with Gasteiger partial charge in [-0.1, -0.05) is 48.1 Å². The van der Waals surface area contributed by atoms with E-state index in [2.05, 4.69) is 6.58 Å². The van der Waals surface area contributed by atoms with Crippen LogP contribution in [0.15, 0.2) is 47.6 Å². The molecule has 1 N–H and O–H groups in total. The van der Waals surface area contributed by atoms with Crippen LogP contribution in [0.5, 0.6) is 0 Å². The summed E-state index contributed by atoms with van der Waals surface area (Å²) in [6.45, 7) is 5.10. The minimum Gasteiger partial charge on any atom is -0.502 e.